The zero-order valence-electron chi connectivity index (χ0n) is 9.42. The van der Waals surface area contributed by atoms with Crippen LogP contribution in [-0.2, 0) is 4.74 Å². The first-order valence-corrected chi connectivity index (χ1v) is 5.44. The highest BCUT2D eigenvalue weighted by Crippen LogP contribution is 2.32. The van der Waals surface area contributed by atoms with E-state index in [1.165, 1.54) is 19.3 Å². The lowest BCUT2D eigenvalue weighted by molar-refractivity contribution is 0.0129. The van der Waals surface area contributed by atoms with Crippen molar-refractivity contribution in [2.45, 2.75) is 45.3 Å². The molecule has 0 heterocycles. The number of rotatable bonds is 4. The van der Waals surface area contributed by atoms with Gasteiger partial charge in [0.1, 0.15) is 0 Å². The van der Waals surface area contributed by atoms with Gasteiger partial charge in [0.15, 0.2) is 0 Å². The molecule has 0 bridgehead atoms. The molecular formula is C11H23NO. The molecule has 1 fully saturated rings. The molecule has 0 aromatic rings. The topological polar surface area (TPSA) is 12.5 Å². The molecule has 0 aromatic carbocycles. The van der Waals surface area contributed by atoms with Gasteiger partial charge in [-0.05, 0) is 40.8 Å². The highest BCUT2D eigenvalue weighted by Gasteiger charge is 2.32. The summed E-state index contributed by atoms with van der Waals surface area (Å²) in [4.78, 5) is 2.35. The number of ether oxygens (including phenoxy) is 1. The lowest BCUT2D eigenvalue weighted by atomic mass is 9.97. The van der Waals surface area contributed by atoms with E-state index in [0.717, 1.165) is 18.6 Å². The van der Waals surface area contributed by atoms with E-state index in [1.807, 2.05) is 0 Å². The van der Waals surface area contributed by atoms with Gasteiger partial charge in [0.05, 0.1) is 6.10 Å². The fraction of sp³-hybridized carbons (Fsp3) is 1.00. The molecule has 0 saturated heterocycles. The van der Waals surface area contributed by atoms with Crippen LogP contribution in [0.3, 0.4) is 0 Å². The van der Waals surface area contributed by atoms with Crippen molar-refractivity contribution in [1.29, 1.82) is 0 Å². The van der Waals surface area contributed by atoms with Gasteiger partial charge in [0.25, 0.3) is 0 Å². The Hall–Kier alpha value is -0.0800. The second-order valence-corrected chi connectivity index (χ2v) is 4.29. The van der Waals surface area contributed by atoms with Gasteiger partial charge in [-0.25, -0.2) is 0 Å². The summed E-state index contributed by atoms with van der Waals surface area (Å²) in [6.45, 7) is 5.14. The molecule has 78 valence electrons. The Labute approximate surface area is 82.3 Å². The van der Waals surface area contributed by atoms with Crippen molar-refractivity contribution in [2.24, 2.45) is 5.92 Å². The molecule has 0 N–H and O–H groups in total. The predicted octanol–water partition coefficient (Wildman–Crippen LogP) is 2.14. The molecule has 1 aliphatic carbocycles. The molecule has 0 aliphatic heterocycles. The molecular weight excluding hydrogens is 162 g/mol. The van der Waals surface area contributed by atoms with Crippen molar-refractivity contribution in [2.75, 3.05) is 20.7 Å². The molecule has 0 radical (unpaired) electrons. The van der Waals surface area contributed by atoms with E-state index < -0.39 is 0 Å². The van der Waals surface area contributed by atoms with E-state index in [9.17, 15) is 0 Å². The highest BCUT2D eigenvalue weighted by atomic mass is 16.5. The van der Waals surface area contributed by atoms with E-state index in [1.54, 1.807) is 0 Å². The number of hydrogen-bond acceptors (Lipinski definition) is 2. The van der Waals surface area contributed by atoms with Crippen LogP contribution in [0.1, 0.15) is 33.1 Å². The van der Waals surface area contributed by atoms with E-state index in [2.05, 4.69) is 32.8 Å². The summed E-state index contributed by atoms with van der Waals surface area (Å²) in [6, 6.07) is 0.738. The van der Waals surface area contributed by atoms with E-state index >= 15 is 0 Å². The zero-order valence-corrected chi connectivity index (χ0v) is 9.42. The van der Waals surface area contributed by atoms with Gasteiger partial charge in [-0.15, -0.1) is 0 Å². The normalized spacial score (nSPS) is 31.2. The van der Waals surface area contributed by atoms with Crippen LogP contribution < -0.4 is 0 Å². The van der Waals surface area contributed by atoms with E-state index in [0.29, 0.717) is 6.10 Å². The maximum atomic E-state index is 5.68. The Morgan fingerprint density at radius 1 is 1.38 bits per heavy atom. The third-order valence-corrected chi connectivity index (χ3v) is 3.23. The molecule has 2 heteroatoms. The summed E-state index contributed by atoms with van der Waals surface area (Å²) < 4.78 is 5.68. The minimum absolute atomic E-state index is 0.430. The average molecular weight is 185 g/mol. The van der Waals surface area contributed by atoms with Gasteiger partial charge in [-0.1, -0.05) is 6.42 Å². The van der Waals surface area contributed by atoms with Gasteiger partial charge in [-0.3, -0.25) is 0 Å². The van der Waals surface area contributed by atoms with Crippen molar-refractivity contribution < 1.29 is 4.74 Å². The van der Waals surface area contributed by atoms with Gasteiger partial charge >= 0.3 is 0 Å². The van der Waals surface area contributed by atoms with Gasteiger partial charge in [-0.2, -0.15) is 0 Å². The zero-order chi connectivity index (χ0) is 9.84. The third kappa shape index (κ3) is 2.68. The molecule has 0 amide bonds. The maximum absolute atomic E-state index is 5.68. The summed E-state index contributed by atoms with van der Waals surface area (Å²) in [5.74, 6) is 0.745. The Morgan fingerprint density at radius 3 is 2.62 bits per heavy atom. The van der Waals surface area contributed by atoms with Crippen LogP contribution in [-0.4, -0.2) is 37.7 Å². The Morgan fingerprint density at radius 2 is 2.08 bits per heavy atom. The van der Waals surface area contributed by atoms with Crippen LogP contribution in [0.15, 0.2) is 0 Å². The molecule has 0 spiro atoms. The molecule has 0 unspecified atom stereocenters. The lowest BCUT2D eigenvalue weighted by Crippen LogP contribution is -2.37. The lowest BCUT2D eigenvalue weighted by Gasteiger charge is -2.30. The quantitative estimate of drug-likeness (QED) is 0.665. The van der Waals surface area contributed by atoms with Crippen molar-refractivity contribution in [3.8, 4) is 0 Å². The fourth-order valence-corrected chi connectivity index (χ4v) is 2.54. The van der Waals surface area contributed by atoms with Crippen molar-refractivity contribution in [1.82, 2.24) is 4.90 Å². The first-order valence-electron chi connectivity index (χ1n) is 5.44. The van der Waals surface area contributed by atoms with Crippen LogP contribution in [0.4, 0.5) is 0 Å². The molecule has 1 aliphatic rings. The average Bonchev–Trinajstić information content (AvgIpc) is 2.52. The summed E-state index contributed by atoms with van der Waals surface area (Å²) in [7, 11) is 4.36. The first kappa shape index (κ1) is 11.0. The second-order valence-electron chi connectivity index (χ2n) is 4.29. The predicted molar refractivity (Wildman–Crippen MR) is 55.9 cm³/mol. The Bertz CT molecular complexity index is 147. The first-order chi connectivity index (χ1) is 6.16. The van der Waals surface area contributed by atoms with Crippen LogP contribution in [0.5, 0.6) is 0 Å². The Kier molecular flexibility index (Phi) is 4.20. The van der Waals surface area contributed by atoms with Crippen molar-refractivity contribution >= 4 is 0 Å². The summed E-state index contributed by atoms with van der Waals surface area (Å²) in [5.41, 5.74) is 0. The summed E-state index contributed by atoms with van der Waals surface area (Å²) in [5, 5.41) is 0. The second kappa shape index (κ2) is 4.97. The van der Waals surface area contributed by atoms with E-state index in [-0.39, 0.29) is 0 Å². The summed E-state index contributed by atoms with van der Waals surface area (Å²) in [6.07, 6.45) is 4.48. The van der Waals surface area contributed by atoms with Crippen LogP contribution in [0.25, 0.3) is 0 Å². The molecule has 0 aromatic heterocycles. The molecule has 2 nitrogen and oxygen atoms in total. The van der Waals surface area contributed by atoms with Crippen LogP contribution in [0.2, 0.25) is 0 Å². The maximum Gasteiger partial charge on any atom is 0.0589 e. The highest BCUT2D eigenvalue weighted by molar-refractivity contribution is 4.86. The number of nitrogens with zero attached hydrogens (tertiary/aromatic N) is 1. The Balaban J connectivity index is 2.47. The standard InChI is InChI=1S/C11H23NO/c1-5-13-9(2)10-7-6-8-11(10)12(3)4/h9-11H,5-8H2,1-4H3/t9-,10-,11-/m0/s1. The van der Waals surface area contributed by atoms with Crippen LogP contribution >= 0.6 is 0 Å². The van der Waals surface area contributed by atoms with Crippen molar-refractivity contribution in [3.05, 3.63) is 0 Å². The number of hydrogen-bond donors (Lipinski definition) is 0. The molecule has 1 rings (SSSR count). The van der Waals surface area contributed by atoms with Gasteiger partial charge < -0.3 is 9.64 Å². The largest absolute Gasteiger partial charge is 0.378 e. The summed E-state index contributed by atoms with van der Waals surface area (Å²) >= 11 is 0. The van der Waals surface area contributed by atoms with E-state index in [4.69, 9.17) is 4.74 Å². The smallest absolute Gasteiger partial charge is 0.0589 e. The minimum Gasteiger partial charge on any atom is -0.378 e. The van der Waals surface area contributed by atoms with Gasteiger partial charge in [0, 0.05) is 18.6 Å². The minimum atomic E-state index is 0.430. The van der Waals surface area contributed by atoms with Crippen molar-refractivity contribution in [3.63, 3.8) is 0 Å². The van der Waals surface area contributed by atoms with Gasteiger partial charge in [0.2, 0.25) is 0 Å². The SMILES string of the molecule is CCO[C@@H](C)[C@@H]1CCC[C@@H]1N(C)C. The van der Waals surface area contributed by atoms with Crippen LogP contribution in [0, 0.1) is 5.92 Å². The molecule has 1 saturated carbocycles. The fourth-order valence-electron chi connectivity index (χ4n) is 2.54. The third-order valence-electron chi connectivity index (χ3n) is 3.23. The molecule has 3 atom stereocenters. The molecule has 13 heavy (non-hydrogen) atoms. The monoisotopic (exact) mass is 185 g/mol.